The Morgan fingerprint density at radius 3 is 2.23 bits per heavy atom. The average Bonchev–Trinajstić information content (AvgIpc) is 1.99. The van der Waals surface area contributed by atoms with Gasteiger partial charge in [0.05, 0.1) is 0 Å². The Bertz CT molecular complexity index is 131. The minimum absolute atomic E-state index is 0.681. The molecule has 3 atom stereocenters. The maximum Gasteiger partial charge on any atom is 0.00695 e. The van der Waals surface area contributed by atoms with E-state index in [1.165, 1.54) is 25.7 Å². The van der Waals surface area contributed by atoms with Crippen molar-refractivity contribution in [3.8, 4) is 0 Å². The first-order valence-corrected chi connectivity index (χ1v) is 5.91. The second kappa shape index (κ2) is 4.99. The summed E-state index contributed by atoms with van der Waals surface area (Å²) in [5, 5.41) is 3.73. The van der Waals surface area contributed by atoms with Crippen LogP contribution in [0.5, 0.6) is 0 Å². The van der Waals surface area contributed by atoms with Crippen LogP contribution in [-0.4, -0.2) is 12.1 Å². The predicted molar refractivity (Wildman–Crippen MR) is 58.9 cm³/mol. The van der Waals surface area contributed by atoms with Gasteiger partial charge in [0.1, 0.15) is 0 Å². The second-order valence-corrected chi connectivity index (χ2v) is 4.82. The summed E-state index contributed by atoms with van der Waals surface area (Å²) in [5.41, 5.74) is 0. The van der Waals surface area contributed by atoms with Crippen molar-refractivity contribution in [2.75, 3.05) is 0 Å². The Morgan fingerprint density at radius 2 is 1.85 bits per heavy atom. The zero-order chi connectivity index (χ0) is 9.84. The largest absolute Gasteiger partial charge is 0.311 e. The normalized spacial score (nSPS) is 24.9. The van der Waals surface area contributed by atoms with E-state index in [2.05, 4.69) is 33.0 Å². The molecule has 0 heterocycles. The van der Waals surface area contributed by atoms with Crippen molar-refractivity contribution in [2.24, 2.45) is 11.8 Å². The molecule has 3 unspecified atom stereocenters. The summed E-state index contributed by atoms with van der Waals surface area (Å²) in [7, 11) is 0. The van der Waals surface area contributed by atoms with Gasteiger partial charge in [-0.25, -0.2) is 0 Å². The van der Waals surface area contributed by atoms with Crippen LogP contribution in [0.2, 0.25) is 0 Å². The van der Waals surface area contributed by atoms with Crippen LogP contribution in [0.4, 0.5) is 0 Å². The maximum absolute atomic E-state index is 3.73. The van der Waals surface area contributed by atoms with Crippen molar-refractivity contribution in [3.05, 3.63) is 0 Å². The minimum Gasteiger partial charge on any atom is -0.311 e. The summed E-state index contributed by atoms with van der Waals surface area (Å²) < 4.78 is 0. The molecule has 0 aromatic heterocycles. The van der Waals surface area contributed by atoms with Crippen LogP contribution in [-0.2, 0) is 0 Å². The molecule has 1 aliphatic rings. The zero-order valence-electron chi connectivity index (χ0n) is 9.64. The van der Waals surface area contributed by atoms with E-state index in [9.17, 15) is 0 Å². The van der Waals surface area contributed by atoms with Crippen molar-refractivity contribution < 1.29 is 0 Å². The average molecular weight is 183 g/mol. The lowest BCUT2D eigenvalue weighted by atomic mass is 9.80. The number of hydrogen-bond donors (Lipinski definition) is 1. The third-order valence-corrected chi connectivity index (χ3v) is 3.88. The molecule has 0 radical (unpaired) electrons. The van der Waals surface area contributed by atoms with Crippen LogP contribution in [0, 0.1) is 11.8 Å². The highest BCUT2D eigenvalue weighted by Crippen LogP contribution is 2.29. The molecule has 13 heavy (non-hydrogen) atoms. The van der Waals surface area contributed by atoms with Gasteiger partial charge in [0.25, 0.3) is 0 Å². The van der Waals surface area contributed by atoms with E-state index in [1.807, 2.05) is 0 Å². The van der Waals surface area contributed by atoms with Gasteiger partial charge in [0.15, 0.2) is 0 Å². The Morgan fingerprint density at radius 1 is 1.23 bits per heavy atom. The van der Waals surface area contributed by atoms with Crippen LogP contribution in [0.1, 0.15) is 53.4 Å². The number of rotatable bonds is 5. The fourth-order valence-electron chi connectivity index (χ4n) is 2.01. The molecule has 1 fully saturated rings. The van der Waals surface area contributed by atoms with Crippen molar-refractivity contribution in [1.82, 2.24) is 5.32 Å². The lowest BCUT2D eigenvalue weighted by Gasteiger charge is -2.35. The molecule has 0 bridgehead atoms. The highest BCUT2D eigenvalue weighted by Gasteiger charge is 2.25. The summed E-state index contributed by atoms with van der Waals surface area (Å²) in [6.07, 6.45) is 5.63. The van der Waals surface area contributed by atoms with E-state index in [0.717, 1.165) is 17.9 Å². The molecule has 1 N–H and O–H groups in total. The standard InChI is InChI=1S/C12H25N/c1-5-9(2)10(3)13-11(4)12-7-6-8-12/h9-13H,5-8H2,1-4H3. The van der Waals surface area contributed by atoms with Crippen LogP contribution in [0.3, 0.4) is 0 Å². The lowest BCUT2D eigenvalue weighted by molar-refractivity contribution is 0.213. The van der Waals surface area contributed by atoms with Gasteiger partial charge in [-0.3, -0.25) is 0 Å². The SMILES string of the molecule is CCC(C)C(C)NC(C)C1CCC1. The van der Waals surface area contributed by atoms with Gasteiger partial charge < -0.3 is 5.32 Å². The smallest absolute Gasteiger partial charge is 0.00695 e. The third-order valence-electron chi connectivity index (χ3n) is 3.88. The molecule has 1 rings (SSSR count). The lowest BCUT2D eigenvalue weighted by Crippen LogP contribution is -2.44. The summed E-state index contributed by atoms with van der Waals surface area (Å²) in [6.45, 7) is 9.29. The fraction of sp³-hybridized carbons (Fsp3) is 1.00. The van der Waals surface area contributed by atoms with Gasteiger partial charge in [-0.15, -0.1) is 0 Å². The highest BCUT2D eigenvalue weighted by molar-refractivity contribution is 4.82. The predicted octanol–water partition coefficient (Wildman–Crippen LogP) is 3.20. The highest BCUT2D eigenvalue weighted by atomic mass is 15.0. The molecule has 1 aliphatic carbocycles. The Kier molecular flexibility index (Phi) is 4.24. The van der Waals surface area contributed by atoms with Crippen LogP contribution >= 0.6 is 0 Å². The van der Waals surface area contributed by atoms with Crippen LogP contribution in [0.25, 0.3) is 0 Å². The van der Waals surface area contributed by atoms with E-state index in [1.54, 1.807) is 0 Å². The minimum atomic E-state index is 0.681. The van der Waals surface area contributed by atoms with Crippen molar-refractivity contribution >= 4 is 0 Å². The van der Waals surface area contributed by atoms with Crippen LogP contribution in [0.15, 0.2) is 0 Å². The fourth-order valence-corrected chi connectivity index (χ4v) is 2.01. The van der Waals surface area contributed by atoms with E-state index in [0.29, 0.717) is 6.04 Å². The van der Waals surface area contributed by atoms with Crippen molar-refractivity contribution in [3.63, 3.8) is 0 Å². The monoisotopic (exact) mass is 183 g/mol. The van der Waals surface area contributed by atoms with Gasteiger partial charge in [0, 0.05) is 12.1 Å². The second-order valence-electron chi connectivity index (χ2n) is 4.82. The molecule has 0 aromatic rings. The molecule has 1 nitrogen and oxygen atoms in total. The van der Waals surface area contributed by atoms with E-state index < -0.39 is 0 Å². The molecule has 78 valence electrons. The number of hydrogen-bond acceptors (Lipinski definition) is 1. The number of nitrogens with one attached hydrogen (secondary N) is 1. The zero-order valence-corrected chi connectivity index (χ0v) is 9.64. The Hall–Kier alpha value is -0.0400. The van der Waals surface area contributed by atoms with Gasteiger partial charge >= 0.3 is 0 Å². The molecular formula is C12H25N. The van der Waals surface area contributed by atoms with Gasteiger partial charge in [-0.1, -0.05) is 26.7 Å². The Labute approximate surface area is 83.3 Å². The maximum atomic E-state index is 3.73. The summed E-state index contributed by atoms with van der Waals surface area (Å²) in [4.78, 5) is 0. The van der Waals surface area contributed by atoms with Gasteiger partial charge in [0.2, 0.25) is 0 Å². The molecule has 0 amide bonds. The third kappa shape index (κ3) is 2.98. The van der Waals surface area contributed by atoms with E-state index in [4.69, 9.17) is 0 Å². The summed E-state index contributed by atoms with van der Waals surface area (Å²) in [5.74, 6) is 1.77. The summed E-state index contributed by atoms with van der Waals surface area (Å²) >= 11 is 0. The van der Waals surface area contributed by atoms with Crippen molar-refractivity contribution in [2.45, 2.75) is 65.5 Å². The van der Waals surface area contributed by atoms with E-state index in [-0.39, 0.29) is 0 Å². The first kappa shape index (κ1) is 11.0. The molecular weight excluding hydrogens is 158 g/mol. The molecule has 0 spiro atoms. The van der Waals surface area contributed by atoms with Gasteiger partial charge in [-0.2, -0.15) is 0 Å². The molecule has 1 saturated carbocycles. The first-order chi connectivity index (χ1) is 6.15. The topological polar surface area (TPSA) is 12.0 Å². The first-order valence-electron chi connectivity index (χ1n) is 5.91. The Balaban J connectivity index is 2.21. The van der Waals surface area contributed by atoms with Gasteiger partial charge in [-0.05, 0) is 38.5 Å². The molecule has 0 aliphatic heterocycles. The molecule has 0 saturated heterocycles. The van der Waals surface area contributed by atoms with E-state index >= 15 is 0 Å². The molecule has 1 heteroatoms. The molecule has 0 aromatic carbocycles. The van der Waals surface area contributed by atoms with Crippen molar-refractivity contribution in [1.29, 1.82) is 0 Å². The van der Waals surface area contributed by atoms with Crippen LogP contribution < -0.4 is 5.32 Å². The quantitative estimate of drug-likeness (QED) is 0.690. The summed E-state index contributed by atoms with van der Waals surface area (Å²) in [6, 6.07) is 1.42.